The molecule has 7 heteroatoms. The number of halogens is 2. The number of benzene rings is 1. The molecule has 5 nitrogen and oxygen atoms in total. The summed E-state index contributed by atoms with van der Waals surface area (Å²) in [5.41, 5.74) is 0.946. The predicted molar refractivity (Wildman–Crippen MR) is 84.1 cm³/mol. The van der Waals surface area contributed by atoms with E-state index in [9.17, 15) is 13.6 Å². The van der Waals surface area contributed by atoms with Crippen LogP contribution in [-0.2, 0) is 6.54 Å². The molecule has 2 aromatic heterocycles. The molecule has 0 saturated heterocycles. The van der Waals surface area contributed by atoms with E-state index in [4.69, 9.17) is 0 Å². The average molecular weight is 328 g/mol. The van der Waals surface area contributed by atoms with Gasteiger partial charge in [0.05, 0.1) is 0 Å². The SMILES string of the molecule is O=C(NCCn1ccnc1-c1cccnc1)c1ccc(F)c(F)c1. The summed E-state index contributed by atoms with van der Waals surface area (Å²) in [4.78, 5) is 20.3. The molecule has 0 radical (unpaired) electrons. The van der Waals surface area contributed by atoms with Crippen LogP contribution in [0.25, 0.3) is 11.4 Å². The second-order valence-corrected chi connectivity index (χ2v) is 5.07. The minimum Gasteiger partial charge on any atom is -0.350 e. The Labute approximate surface area is 137 Å². The Kier molecular flexibility index (Phi) is 4.60. The molecule has 0 aliphatic rings. The van der Waals surface area contributed by atoms with E-state index in [1.165, 1.54) is 6.07 Å². The van der Waals surface area contributed by atoms with Crippen LogP contribution in [-0.4, -0.2) is 27.0 Å². The van der Waals surface area contributed by atoms with Crippen molar-refractivity contribution < 1.29 is 13.6 Å². The van der Waals surface area contributed by atoms with Gasteiger partial charge in [0.25, 0.3) is 5.91 Å². The third kappa shape index (κ3) is 3.45. The van der Waals surface area contributed by atoms with Gasteiger partial charge in [-0.3, -0.25) is 9.78 Å². The number of carbonyl (C=O) groups excluding carboxylic acids is 1. The van der Waals surface area contributed by atoms with Gasteiger partial charge in [0.2, 0.25) is 0 Å². The molecule has 0 bridgehead atoms. The lowest BCUT2D eigenvalue weighted by molar-refractivity contribution is 0.0951. The number of carbonyl (C=O) groups is 1. The van der Waals surface area contributed by atoms with Gasteiger partial charge in [-0.05, 0) is 30.3 Å². The fraction of sp³-hybridized carbons (Fsp3) is 0.118. The minimum absolute atomic E-state index is 0.0759. The van der Waals surface area contributed by atoms with Gasteiger partial charge in [-0.1, -0.05) is 0 Å². The normalized spacial score (nSPS) is 10.6. The zero-order valence-corrected chi connectivity index (χ0v) is 12.6. The zero-order valence-electron chi connectivity index (χ0n) is 12.6. The summed E-state index contributed by atoms with van der Waals surface area (Å²) in [6, 6.07) is 6.76. The maximum absolute atomic E-state index is 13.2. The summed E-state index contributed by atoms with van der Waals surface area (Å²) >= 11 is 0. The van der Waals surface area contributed by atoms with E-state index >= 15 is 0 Å². The molecule has 3 aromatic rings. The minimum atomic E-state index is -1.05. The van der Waals surface area contributed by atoms with Gasteiger partial charge in [0, 0.05) is 49.0 Å². The molecule has 2 heterocycles. The van der Waals surface area contributed by atoms with Crippen LogP contribution in [0.15, 0.2) is 55.1 Å². The summed E-state index contributed by atoms with van der Waals surface area (Å²) < 4.78 is 27.9. The van der Waals surface area contributed by atoms with Gasteiger partial charge in [0.1, 0.15) is 5.82 Å². The molecule has 0 aliphatic carbocycles. The Bertz CT molecular complexity index is 849. The monoisotopic (exact) mass is 328 g/mol. The quantitative estimate of drug-likeness (QED) is 0.783. The van der Waals surface area contributed by atoms with Gasteiger partial charge in [-0.15, -0.1) is 0 Å². The molecule has 1 aromatic carbocycles. The van der Waals surface area contributed by atoms with Crippen molar-refractivity contribution >= 4 is 5.91 Å². The van der Waals surface area contributed by atoms with Crippen LogP contribution in [0.5, 0.6) is 0 Å². The number of amides is 1. The van der Waals surface area contributed by atoms with Crippen LogP contribution < -0.4 is 5.32 Å². The van der Waals surface area contributed by atoms with Crippen molar-refractivity contribution in [2.75, 3.05) is 6.54 Å². The first-order valence-corrected chi connectivity index (χ1v) is 7.30. The fourth-order valence-corrected chi connectivity index (χ4v) is 2.27. The predicted octanol–water partition coefficient (Wildman–Crippen LogP) is 2.65. The Morgan fingerprint density at radius 3 is 2.79 bits per heavy atom. The summed E-state index contributed by atoms with van der Waals surface area (Å²) in [7, 11) is 0. The molecular formula is C17H14F2N4O. The molecule has 122 valence electrons. The van der Waals surface area contributed by atoms with E-state index in [1.807, 2.05) is 16.7 Å². The van der Waals surface area contributed by atoms with E-state index < -0.39 is 17.5 Å². The Balaban J connectivity index is 1.62. The average Bonchev–Trinajstić information content (AvgIpc) is 3.06. The molecule has 1 amide bonds. The number of pyridine rings is 1. The van der Waals surface area contributed by atoms with Crippen molar-refractivity contribution in [2.45, 2.75) is 6.54 Å². The number of imidazole rings is 1. The maximum Gasteiger partial charge on any atom is 0.251 e. The standard InChI is InChI=1S/C17H14F2N4O/c18-14-4-3-12(10-15(14)19)17(24)22-7-9-23-8-6-21-16(23)13-2-1-5-20-11-13/h1-6,8,10-11H,7,9H2,(H,22,24). The summed E-state index contributed by atoms with van der Waals surface area (Å²) in [5, 5.41) is 2.67. The fourth-order valence-electron chi connectivity index (χ4n) is 2.27. The number of rotatable bonds is 5. The van der Waals surface area contributed by atoms with E-state index in [0.717, 1.165) is 23.5 Å². The lowest BCUT2D eigenvalue weighted by Gasteiger charge is -2.09. The van der Waals surface area contributed by atoms with Crippen LogP contribution in [0.4, 0.5) is 8.78 Å². The second kappa shape index (κ2) is 6.99. The van der Waals surface area contributed by atoms with Crippen molar-refractivity contribution in [2.24, 2.45) is 0 Å². The highest BCUT2D eigenvalue weighted by molar-refractivity contribution is 5.94. The topological polar surface area (TPSA) is 59.8 Å². The highest BCUT2D eigenvalue weighted by Gasteiger charge is 2.10. The van der Waals surface area contributed by atoms with Crippen molar-refractivity contribution in [1.29, 1.82) is 0 Å². The van der Waals surface area contributed by atoms with Crippen molar-refractivity contribution in [3.8, 4) is 11.4 Å². The number of hydrogen-bond acceptors (Lipinski definition) is 3. The Morgan fingerprint density at radius 1 is 1.17 bits per heavy atom. The lowest BCUT2D eigenvalue weighted by atomic mass is 10.2. The first kappa shape index (κ1) is 15.8. The van der Waals surface area contributed by atoms with Crippen molar-refractivity contribution in [3.63, 3.8) is 0 Å². The second-order valence-electron chi connectivity index (χ2n) is 5.07. The lowest BCUT2D eigenvalue weighted by Crippen LogP contribution is -2.27. The van der Waals surface area contributed by atoms with Crippen LogP contribution >= 0.6 is 0 Å². The first-order chi connectivity index (χ1) is 11.6. The van der Waals surface area contributed by atoms with Crippen molar-refractivity contribution in [1.82, 2.24) is 19.9 Å². The smallest absolute Gasteiger partial charge is 0.251 e. The molecular weight excluding hydrogens is 314 g/mol. The van der Waals surface area contributed by atoms with Gasteiger partial charge in [-0.25, -0.2) is 13.8 Å². The van der Waals surface area contributed by atoms with Gasteiger partial charge < -0.3 is 9.88 Å². The van der Waals surface area contributed by atoms with Crippen LogP contribution in [0.2, 0.25) is 0 Å². The maximum atomic E-state index is 13.2. The highest BCUT2D eigenvalue weighted by Crippen LogP contribution is 2.15. The molecule has 24 heavy (non-hydrogen) atoms. The number of hydrogen-bond donors (Lipinski definition) is 1. The summed E-state index contributed by atoms with van der Waals surface area (Å²) in [6.07, 6.45) is 6.85. The Morgan fingerprint density at radius 2 is 2.04 bits per heavy atom. The molecule has 0 unspecified atom stereocenters. The van der Waals surface area contributed by atoms with Crippen LogP contribution in [0, 0.1) is 11.6 Å². The molecule has 0 atom stereocenters. The van der Waals surface area contributed by atoms with Gasteiger partial charge in [-0.2, -0.15) is 0 Å². The molecule has 0 fully saturated rings. The molecule has 1 N–H and O–H groups in total. The van der Waals surface area contributed by atoms with Crippen molar-refractivity contribution in [3.05, 3.63) is 72.3 Å². The molecule has 3 rings (SSSR count). The first-order valence-electron chi connectivity index (χ1n) is 7.30. The molecule has 0 aliphatic heterocycles. The van der Waals surface area contributed by atoms with Crippen LogP contribution in [0.3, 0.4) is 0 Å². The number of aromatic nitrogens is 3. The zero-order chi connectivity index (χ0) is 16.9. The van der Waals surface area contributed by atoms with E-state index in [0.29, 0.717) is 13.1 Å². The third-order valence-corrected chi connectivity index (χ3v) is 3.46. The van der Waals surface area contributed by atoms with E-state index in [1.54, 1.807) is 24.8 Å². The van der Waals surface area contributed by atoms with E-state index in [2.05, 4.69) is 15.3 Å². The number of nitrogens with one attached hydrogen (secondary N) is 1. The van der Waals surface area contributed by atoms with Crippen LogP contribution in [0.1, 0.15) is 10.4 Å². The molecule has 0 spiro atoms. The molecule has 0 saturated carbocycles. The third-order valence-electron chi connectivity index (χ3n) is 3.46. The Hall–Kier alpha value is -3.09. The summed E-state index contributed by atoms with van der Waals surface area (Å²) in [5.74, 6) is -1.75. The van der Waals surface area contributed by atoms with Gasteiger partial charge >= 0.3 is 0 Å². The largest absolute Gasteiger partial charge is 0.350 e. The number of nitrogens with zero attached hydrogens (tertiary/aromatic N) is 3. The summed E-state index contributed by atoms with van der Waals surface area (Å²) in [6.45, 7) is 0.807. The highest BCUT2D eigenvalue weighted by atomic mass is 19.2. The van der Waals surface area contributed by atoms with E-state index in [-0.39, 0.29) is 5.56 Å². The van der Waals surface area contributed by atoms with Gasteiger partial charge in [0.15, 0.2) is 11.6 Å².